The summed E-state index contributed by atoms with van der Waals surface area (Å²) in [5, 5.41) is 3.90. The molecule has 2 aromatic rings. The number of hydrogen-bond donors (Lipinski definition) is 1. The minimum atomic E-state index is -0.466. The van der Waals surface area contributed by atoms with Crippen LogP contribution in [-0.2, 0) is 9.59 Å². The first-order chi connectivity index (χ1) is 12.4. The number of nitrogens with zero attached hydrogens (tertiary/aromatic N) is 1. The highest BCUT2D eigenvalue weighted by molar-refractivity contribution is 6.31. The van der Waals surface area contributed by atoms with Crippen LogP contribution in [0.15, 0.2) is 36.4 Å². The summed E-state index contributed by atoms with van der Waals surface area (Å²) in [6, 6.07) is 10.4. The molecule has 136 valence electrons. The van der Waals surface area contributed by atoms with E-state index in [1.54, 1.807) is 30.3 Å². The van der Waals surface area contributed by atoms with Crippen LogP contribution in [0.1, 0.15) is 12.0 Å². The van der Waals surface area contributed by atoms with Crippen LogP contribution in [0, 0.1) is 12.8 Å². The van der Waals surface area contributed by atoms with Gasteiger partial charge in [0.2, 0.25) is 11.8 Å². The molecule has 0 saturated carbocycles. The predicted molar refractivity (Wildman–Crippen MR) is 103 cm³/mol. The molecule has 0 aromatic heterocycles. The zero-order valence-electron chi connectivity index (χ0n) is 14.4. The van der Waals surface area contributed by atoms with E-state index >= 15 is 0 Å². The fourth-order valence-electron chi connectivity index (χ4n) is 2.91. The maximum atomic E-state index is 12.6. The molecule has 2 amide bonds. The minimum Gasteiger partial charge on any atom is -0.495 e. The number of benzene rings is 2. The summed E-state index contributed by atoms with van der Waals surface area (Å²) in [5.74, 6) is -0.296. The lowest BCUT2D eigenvalue weighted by Crippen LogP contribution is -2.28. The fourth-order valence-corrected chi connectivity index (χ4v) is 3.25. The van der Waals surface area contributed by atoms with Gasteiger partial charge in [0.25, 0.3) is 0 Å². The quantitative estimate of drug-likeness (QED) is 0.843. The number of carbonyl (C=O) groups excluding carboxylic acids is 2. The lowest BCUT2D eigenvalue weighted by molar-refractivity contribution is -0.122. The third-order valence-electron chi connectivity index (χ3n) is 4.37. The second kappa shape index (κ2) is 7.56. The maximum absolute atomic E-state index is 12.6. The van der Waals surface area contributed by atoms with Gasteiger partial charge in [-0.25, -0.2) is 0 Å². The monoisotopic (exact) mass is 392 g/mol. The maximum Gasteiger partial charge on any atom is 0.229 e. The summed E-state index contributed by atoms with van der Waals surface area (Å²) in [4.78, 5) is 26.5. The molecular weight excluding hydrogens is 375 g/mol. The topological polar surface area (TPSA) is 58.6 Å². The first-order valence-electron chi connectivity index (χ1n) is 8.10. The number of aryl methyl sites for hydroxylation is 1. The van der Waals surface area contributed by atoms with Gasteiger partial charge < -0.3 is 15.0 Å². The number of ether oxygens (including phenoxy) is 1. The molecule has 0 radical (unpaired) electrons. The number of rotatable bonds is 4. The summed E-state index contributed by atoms with van der Waals surface area (Å²) in [6.45, 7) is 2.15. The van der Waals surface area contributed by atoms with Crippen molar-refractivity contribution >= 4 is 46.4 Å². The summed E-state index contributed by atoms with van der Waals surface area (Å²) < 4.78 is 5.31. The largest absolute Gasteiger partial charge is 0.495 e. The number of methoxy groups -OCH3 is 1. The molecule has 3 rings (SSSR count). The first-order valence-corrected chi connectivity index (χ1v) is 8.85. The van der Waals surface area contributed by atoms with Gasteiger partial charge in [-0.2, -0.15) is 0 Å². The van der Waals surface area contributed by atoms with Gasteiger partial charge in [0.05, 0.1) is 18.7 Å². The summed E-state index contributed by atoms with van der Waals surface area (Å²) >= 11 is 12.1. The standard InChI is InChI=1S/C19H18Cl2N2O3/c1-11-3-5-14(9-15(11)21)22-19(25)12-7-18(24)23(10-12)16-8-13(20)4-6-17(16)26-2/h3-6,8-9,12H,7,10H2,1-2H3,(H,22,25)/t12-/m0/s1. The Bertz CT molecular complexity index is 870. The van der Waals surface area contributed by atoms with Crippen LogP contribution < -0.4 is 15.0 Å². The first kappa shape index (κ1) is 18.5. The number of hydrogen-bond acceptors (Lipinski definition) is 3. The van der Waals surface area contributed by atoms with E-state index < -0.39 is 5.92 Å². The Morgan fingerprint density at radius 3 is 2.69 bits per heavy atom. The predicted octanol–water partition coefficient (Wildman–Crippen LogP) is 4.30. The average Bonchev–Trinajstić information content (AvgIpc) is 3.00. The van der Waals surface area contributed by atoms with E-state index in [1.165, 1.54) is 12.0 Å². The van der Waals surface area contributed by atoms with Crippen molar-refractivity contribution in [3.8, 4) is 5.75 Å². The van der Waals surface area contributed by atoms with Crippen LogP contribution >= 0.6 is 23.2 Å². The molecule has 1 aliphatic heterocycles. The molecule has 0 bridgehead atoms. The highest BCUT2D eigenvalue weighted by atomic mass is 35.5. The van der Waals surface area contributed by atoms with Crippen LogP contribution in [0.2, 0.25) is 10.0 Å². The second-order valence-electron chi connectivity index (χ2n) is 6.17. The van der Waals surface area contributed by atoms with Crippen molar-refractivity contribution in [2.24, 2.45) is 5.92 Å². The van der Waals surface area contributed by atoms with Crippen LogP contribution in [0.3, 0.4) is 0 Å². The lowest BCUT2D eigenvalue weighted by atomic mass is 10.1. The minimum absolute atomic E-state index is 0.126. The molecular formula is C19H18Cl2N2O3. The van der Waals surface area contributed by atoms with E-state index in [1.807, 2.05) is 13.0 Å². The summed E-state index contributed by atoms with van der Waals surface area (Å²) in [6.07, 6.45) is 0.126. The van der Waals surface area contributed by atoms with Gasteiger partial charge in [-0.1, -0.05) is 29.3 Å². The Morgan fingerprint density at radius 2 is 2.00 bits per heavy atom. The van der Waals surface area contributed by atoms with Crippen molar-refractivity contribution in [3.63, 3.8) is 0 Å². The Labute approximate surface area is 161 Å². The van der Waals surface area contributed by atoms with E-state index in [2.05, 4.69) is 5.32 Å². The normalized spacial score (nSPS) is 16.7. The van der Waals surface area contributed by atoms with Crippen molar-refractivity contribution in [1.82, 2.24) is 0 Å². The number of nitrogens with one attached hydrogen (secondary N) is 1. The van der Waals surface area contributed by atoms with Gasteiger partial charge in [-0.15, -0.1) is 0 Å². The van der Waals surface area contributed by atoms with Gasteiger partial charge >= 0.3 is 0 Å². The fraction of sp³-hybridized carbons (Fsp3) is 0.263. The molecule has 2 aromatic carbocycles. The molecule has 7 heteroatoms. The number of amides is 2. The SMILES string of the molecule is COc1ccc(Cl)cc1N1C[C@@H](C(=O)Nc2ccc(C)c(Cl)c2)CC1=O. The zero-order chi connectivity index (χ0) is 18.8. The van der Waals surface area contributed by atoms with Gasteiger partial charge in [0.1, 0.15) is 5.75 Å². The van der Waals surface area contributed by atoms with E-state index in [0.717, 1.165) is 5.56 Å². The Hall–Kier alpha value is -2.24. The van der Waals surface area contributed by atoms with Crippen LogP contribution in [0.5, 0.6) is 5.75 Å². The van der Waals surface area contributed by atoms with Crippen molar-refractivity contribution < 1.29 is 14.3 Å². The molecule has 1 saturated heterocycles. The number of carbonyl (C=O) groups is 2. The molecule has 1 atom stereocenters. The highest BCUT2D eigenvalue weighted by Crippen LogP contribution is 2.35. The van der Waals surface area contributed by atoms with E-state index in [9.17, 15) is 9.59 Å². The third kappa shape index (κ3) is 3.79. The molecule has 0 unspecified atom stereocenters. The van der Waals surface area contributed by atoms with Crippen molar-refractivity contribution in [3.05, 3.63) is 52.0 Å². The smallest absolute Gasteiger partial charge is 0.229 e. The summed E-state index contributed by atoms with van der Waals surface area (Å²) in [7, 11) is 1.53. The number of halogens is 2. The van der Waals surface area contributed by atoms with E-state index in [4.69, 9.17) is 27.9 Å². The molecule has 0 aliphatic carbocycles. The Morgan fingerprint density at radius 1 is 1.23 bits per heavy atom. The second-order valence-corrected chi connectivity index (χ2v) is 7.02. The summed E-state index contributed by atoms with van der Waals surface area (Å²) in [5.41, 5.74) is 2.11. The lowest BCUT2D eigenvalue weighted by Gasteiger charge is -2.20. The molecule has 1 heterocycles. The van der Waals surface area contributed by atoms with Crippen molar-refractivity contribution in [1.29, 1.82) is 0 Å². The third-order valence-corrected chi connectivity index (χ3v) is 5.01. The molecule has 26 heavy (non-hydrogen) atoms. The van der Waals surface area contributed by atoms with E-state index in [0.29, 0.717) is 27.2 Å². The molecule has 0 spiro atoms. The highest BCUT2D eigenvalue weighted by Gasteiger charge is 2.36. The number of anilines is 2. The van der Waals surface area contributed by atoms with Gasteiger partial charge in [-0.3, -0.25) is 9.59 Å². The zero-order valence-corrected chi connectivity index (χ0v) is 15.9. The van der Waals surface area contributed by atoms with Crippen molar-refractivity contribution in [2.75, 3.05) is 23.9 Å². The molecule has 5 nitrogen and oxygen atoms in total. The molecule has 1 fully saturated rings. The Balaban J connectivity index is 1.76. The molecule has 1 aliphatic rings. The van der Waals surface area contributed by atoms with E-state index in [-0.39, 0.29) is 24.8 Å². The van der Waals surface area contributed by atoms with Crippen LogP contribution in [0.4, 0.5) is 11.4 Å². The van der Waals surface area contributed by atoms with Crippen LogP contribution in [-0.4, -0.2) is 25.5 Å². The van der Waals surface area contributed by atoms with Gasteiger partial charge in [-0.05, 0) is 42.8 Å². The van der Waals surface area contributed by atoms with Gasteiger partial charge in [0.15, 0.2) is 0 Å². The van der Waals surface area contributed by atoms with Crippen molar-refractivity contribution in [2.45, 2.75) is 13.3 Å². The van der Waals surface area contributed by atoms with Gasteiger partial charge in [0, 0.05) is 28.7 Å². The van der Waals surface area contributed by atoms with Crippen LogP contribution in [0.25, 0.3) is 0 Å². The molecule has 1 N–H and O–H groups in total. The Kier molecular flexibility index (Phi) is 5.39. The average molecular weight is 393 g/mol.